The van der Waals surface area contributed by atoms with Gasteiger partial charge < -0.3 is 19.3 Å². The number of piperazine rings is 1. The molecule has 3 rings (SSSR count). The third-order valence-corrected chi connectivity index (χ3v) is 5.34. The zero-order chi connectivity index (χ0) is 23.3. The standard InChI is InChI=1S/C23H24F4N2O3/c1-15-4-3-5-19(16(15)2)28-10-12-29(13-11-28)21(30)9-7-17-6-8-18(31-22(24)25)14-20(17)32-23(26)27/h3-9,14,22-23H,10-13H2,1-2H3/b9-7+. The third-order valence-electron chi connectivity index (χ3n) is 5.34. The zero-order valence-electron chi connectivity index (χ0n) is 17.7. The number of rotatable bonds is 7. The molecule has 0 aromatic heterocycles. The average molecular weight is 452 g/mol. The highest BCUT2D eigenvalue weighted by Crippen LogP contribution is 2.29. The number of nitrogens with zero attached hydrogens (tertiary/aromatic N) is 2. The van der Waals surface area contributed by atoms with Gasteiger partial charge in [0.2, 0.25) is 5.91 Å². The molecule has 0 radical (unpaired) electrons. The van der Waals surface area contributed by atoms with Crippen molar-refractivity contribution in [2.75, 3.05) is 31.1 Å². The van der Waals surface area contributed by atoms with Gasteiger partial charge >= 0.3 is 13.2 Å². The number of benzene rings is 2. The molecule has 0 spiro atoms. The summed E-state index contributed by atoms with van der Waals surface area (Å²) in [5.74, 6) is -0.954. The Hall–Kier alpha value is -3.23. The molecule has 1 fully saturated rings. The van der Waals surface area contributed by atoms with Crippen molar-refractivity contribution in [3.63, 3.8) is 0 Å². The Morgan fingerprint density at radius 2 is 1.66 bits per heavy atom. The normalized spacial score (nSPS) is 14.5. The minimum atomic E-state index is -3.15. The molecule has 1 aliphatic rings. The first-order chi connectivity index (χ1) is 15.2. The summed E-state index contributed by atoms with van der Waals surface area (Å²) >= 11 is 0. The highest BCUT2D eigenvalue weighted by Gasteiger charge is 2.21. The van der Waals surface area contributed by atoms with E-state index in [2.05, 4.69) is 40.4 Å². The lowest BCUT2D eigenvalue weighted by Gasteiger charge is -2.36. The van der Waals surface area contributed by atoms with Gasteiger partial charge in [-0.2, -0.15) is 17.6 Å². The van der Waals surface area contributed by atoms with E-state index in [9.17, 15) is 22.4 Å². The quantitative estimate of drug-likeness (QED) is 0.444. The second-order valence-electron chi connectivity index (χ2n) is 7.32. The van der Waals surface area contributed by atoms with E-state index in [4.69, 9.17) is 0 Å². The van der Waals surface area contributed by atoms with Crippen LogP contribution < -0.4 is 14.4 Å². The van der Waals surface area contributed by atoms with Crippen LogP contribution >= 0.6 is 0 Å². The van der Waals surface area contributed by atoms with Crippen LogP contribution in [0.3, 0.4) is 0 Å². The first kappa shape index (κ1) is 23.4. The lowest BCUT2D eigenvalue weighted by molar-refractivity contribution is -0.126. The Bertz CT molecular complexity index is 974. The van der Waals surface area contributed by atoms with Crippen molar-refractivity contribution < 1.29 is 31.8 Å². The maximum absolute atomic E-state index is 12.7. The van der Waals surface area contributed by atoms with Gasteiger partial charge in [0.1, 0.15) is 11.5 Å². The Morgan fingerprint density at radius 1 is 0.969 bits per heavy atom. The van der Waals surface area contributed by atoms with Crippen LogP contribution in [0.4, 0.5) is 23.2 Å². The molecule has 1 amide bonds. The molecule has 1 aliphatic heterocycles. The van der Waals surface area contributed by atoms with E-state index < -0.39 is 13.2 Å². The van der Waals surface area contributed by atoms with Crippen molar-refractivity contribution in [1.29, 1.82) is 0 Å². The number of anilines is 1. The zero-order valence-corrected chi connectivity index (χ0v) is 17.7. The van der Waals surface area contributed by atoms with E-state index in [1.54, 1.807) is 4.90 Å². The maximum atomic E-state index is 12.7. The predicted molar refractivity (Wildman–Crippen MR) is 113 cm³/mol. The summed E-state index contributed by atoms with van der Waals surface area (Å²) in [7, 11) is 0. The van der Waals surface area contributed by atoms with Crippen LogP contribution in [0.15, 0.2) is 42.5 Å². The molecule has 1 heterocycles. The molecule has 0 saturated carbocycles. The van der Waals surface area contributed by atoms with Crippen molar-refractivity contribution in [3.05, 3.63) is 59.2 Å². The number of carbonyl (C=O) groups excluding carboxylic acids is 1. The summed E-state index contributed by atoms with van der Waals surface area (Å²) in [5.41, 5.74) is 3.70. The topological polar surface area (TPSA) is 42.0 Å². The number of carbonyl (C=O) groups is 1. The van der Waals surface area contributed by atoms with Gasteiger partial charge in [-0.15, -0.1) is 0 Å². The Kier molecular flexibility index (Phi) is 7.61. The lowest BCUT2D eigenvalue weighted by atomic mass is 10.1. The fraction of sp³-hybridized carbons (Fsp3) is 0.348. The Morgan fingerprint density at radius 3 is 2.31 bits per heavy atom. The summed E-state index contributed by atoms with van der Waals surface area (Å²) < 4.78 is 58.7. The molecule has 32 heavy (non-hydrogen) atoms. The maximum Gasteiger partial charge on any atom is 0.387 e. The fourth-order valence-electron chi connectivity index (χ4n) is 3.54. The van der Waals surface area contributed by atoms with Gasteiger partial charge in [0.15, 0.2) is 0 Å². The van der Waals surface area contributed by atoms with Crippen LogP contribution in [-0.4, -0.2) is 50.2 Å². The van der Waals surface area contributed by atoms with Crippen LogP contribution in [0, 0.1) is 13.8 Å². The molecule has 9 heteroatoms. The van der Waals surface area contributed by atoms with Crippen LogP contribution in [0.5, 0.6) is 11.5 Å². The van der Waals surface area contributed by atoms with E-state index in [0.717, 1.165) is 11.8 Å². The molecule has 2 aromatic rings. The number of hydrogen-bond donors (Lipinski definition) is 0. The van der Waals surface area contributed by atoms with E-state index in [1.807, 2.05) is 6.07 Å². The van der Waals surface area contributed by atoms with Crippen molar-refractivity contribution in [1.82, 2.24) is 4.90 Å². The van der Waals surface area contributed by atoms with Crippen LogP contribution in [0.25, 0.3) is 6.08 Å². The van der Waals surface area contributed by atoms with E-state index in [0.29, 0.717) is 26.2 Å². The number of hydrogen-bond acceptors (Lipinski definition) is 4. The first-order valence-corrected chi connectivity index (χ1v) is 10.1. The van der Waals surface area contributed by atoms with Crippen molar-refractivity contribution >= 4 is 17.7 Å². The minimum Gasteiger partial charge on any atom is -0.435 e. The Labute approximate surface area is 183 Å². The van der Waals surface area contributed by atoms with Crippen LogP contribution in [-0.2, 0) is 4.79 Å². The Balaban J connectivity index is 1.65. The average Bonchev–Trinajstić information content (AvgIpc) is 2.74. The summed E-state index contributed by atoms with van der Waals surface area (Å²) in [6.07, 6.45) is 2.58. The molecule has 0 N–H and O–H groups in total. The summed E-state index contributed by atoms with van der Waals surface area (Å²) in [6, 6.07) is 9.53. The number of aryl methyl sites for hydroxylation is 1. The van der Waals surface area contributed by atoms with Gasteiger partial charge in [-0.25, -0.2) is 0 Å². The molecular weight excluding hydrogens is 428 g/mol. The van der Waals surface area contributed by atoms with E-state index in [1.165, 1.54) is 35.4 Å². The van der Waals surface area contributed by atoms with Gasteiger partial charge in [0.05, 0.1) is 0 Å². The number of ether oxygens (including phenoxy) is 2. The van der Waals surface area contributed by atoms with E-state index in [-0.39, 0.29) is 23.0 Å². The minimum absolute atomic E-state index is 0.147. The van der Waals surface area contributed by atoms with Crippen LogP contribution in [0.2, 0.25) is 0 Å². The number of alkyl halides is 4. The molecule has 5 nitrogen and oxygen atoms in total. The molecule has 0 atom stereocenters. The molecule has 1 saturated heterocycles. The van der Waals surface area contributed by atoms with Gasteiger partial charge in [-0.1, -0.05) is 12.1 Å². The highest BCUT2D eigenvalue weighted by atomic mass is 19.3. The second-order valence-corrected chi connectivity index (χ2v) is 7.32. The van der Waals surface area contributed by atoms with E-state index >= 15 is 0 Å². The van der Waals surface area contributed by atoms with Crippen molar-refractivity contribution in [2.24, 2.45) is 0 Å². The largest absolute Gasteiger partial charge is 0.435 e. The molecule has 0 aliphatic carbocycles. The molecular formula is C23H24F4N2O3. The molecule has 0 unspecified atom stereocenters. The number of amides is 1. The summed E-state index contributed by atoms with van der Waals surface area (Å²) in [6.45, 7) is 0.240. The SMILES string of the molecule is Cc1cccc(N2CCN(C(=O)/C=C/c3ccc(OC(F)F)cc3OC(F)F)CC2)c1C. The smallest absolute Gasteiger partial charge is 0.387 e. The van der Waals surface area contributed by atoms with Crippen molar-refractivity contribution in [3.8, 4) is 11.5 Å². The van der Waals surface area contributed by atoms with Crippen molar-refractivity contribution in [2.45, 2.75) is 27.1 Å². The molecule has 0 bridgehead atoms. The summed E-state index contributed by atoms with van der Waals surface area (Å²) in [5, 5.41) is 0. The predicted octanol–water partition coefficient (Wildman–Crippen LogP) is 4.87. The van der Waals surface area contributed by atoms with Gasteiger partial charge in [0, 0.05) is 49.6 Å². The first-order valence-electron chi connectivity index (χ1n) is 10.1. The highest BCUT2D eigenvalue weighted by molar-refractivity contribution is 5.92. The number of halogens is 4. The van der Waals surface area contributed by atoms with Gasteiger partial charge in [-0.3, -0.25) is 4.79 Å². The van der Waals surface area contributed by atoms with Crippen LogP contribution in [0.1, 0.15) is 16.7 Å². The molecule has 2 aromatic carbocycles. The third kappa shape index (κ3) is 5.93. The lowest BCUT2D eigenvalue weighted by Crippen LogP contribution is -2.48. The fourth-order valence-corrected chi connectivity index (χ4v) is 3.54. The van der Waals surface area contributed by atoms with Gasteiger partial charge in [-0.05, 0) is 49.2 Å². The van der Waals surface area contributed by atoms with Gasteiger partial charge in [0.25, 0.3) is 0 Å². The monoisotopic (exact) mass is 452 g/mol. The summed E-state index contributed by atoms with van der Waals surface area (Å²) in [4.78, 5) is 16.5. The second kappa shape index (κ2) is 10.4. The molecule has 172 valence electrons.